The van der Waals surface area contributed by atoms with Crippen LogP contribution < -0.4 is 16.2 Å². The molecule has 37 heavy (non-hydrogen) atoms. The maximum absolute atomic E-state index is 12.9. The first kappa shape index (κ1) is 24.6. The number of carbonyl (C=O) groups is 1. The normalized spacial score (nSPS) is 19.4. The Bertz CT molecular complexity index is 1460. The third-order valence-electron chi connectivity index (χ3n) is 6.24. The number of aliphatic hydroxyl groups is 2. The van der Waals surface area contributed by atoms with E-state index in [2.05, 4.69) is 25.6 Å². The van der Waals surface area contributed by atoms with Crippen LogP contribution in [0.25, 0.3) is 22.3 Å². The van der Waals surface area contributed by atoms with Crippen LogP contribution in [0.1, 0.15) is 26.5 Å². The summed E-state index contributed by atoms with van der Waals surface area (Å²) in [6.07, 6.45) is -2.30. The molecule has 3 heterocycles. The van der Waals surface area contributed by atoms with Crippen molar-refractivity contribution in [1.29, 1.82) is 0 Å². The molecule has 3 atom stereocenters. The van der Waals surface area contributed by atoms with Gasteiger partial charge in [0.05, 0.1) is 12.7 Å². The lowest BCUT2D eigenvalue weighted by molar-refractivity contribution is -0.118. The summed E-state index contributed by atoms with van der Waals surface area (Å²) in [7, 11) is 0. The molecular weight excluding hydrogens is 476 g/mol. The fraction of sp³-hybridized carbons (Fsp3) is 0.308. The maximum atomic E-state index is 12.9. The molecule has 1 fully saturated rings. The van der Waals surface area contributed by atoms with Crippen LogP contribution >= 0.6 is 0 Å². The zero-order valence-electron chi connectivity index (χ0n) is 20.4. The number of aromatic nitrogens is 4. The second-order valence-electron chi connectivity index (χ2n) is 9.22. The Morgan fingerprint density at radius 2 is 1.84 bits per heavy atom. The standard InChI is InChI=1S/C26H28N6O5/c1-14(2)23(35)30-25-29-22-21(24(36)31-25)28-26(32(22)20-12-18(34)19(13-33)37-20)27-17-10-8-16(9-11-17)15-6-4-3-5-7-15/h3-11,14,18-20,33-34H,12-13H2,1-2H3,(H,27,28)(H2,29,30,31,35,36)/t18-,19+,20+/m0/s1. The summed E-state index contributed by atoms with van der Waals surface area (Å²) in [6, 6.07) is 17.7. The van der Waals surface area contributed by atoms with Gasteiger partial charge < -0.3 is 20.3 Å². The van der Waals surface area contributed by atoms with Crippen molar-refractivity contribution in [3.05, 3.63) is 65.0 Å². The van der Waals surface area contributed by atoms with Crippen LogP contribution in [0, 0.1) is 5.92 Å². The summed E-state index contributed by atoms with van der Waals surface area (Å²) in [5.74, 6) is -0.379. The molecule has 1 aliphatic heterocycles. The number of fused-ring (bicyclic) bond motifs is 1. The molecule has 2 aromatic carbocycles. The second kappa shape index (κ2) is 10.1. The smallest absolute Gasteiger partial charge is 0.280 e. The van der Waals surface area contributed by atoms with Crippen molar-refractivity contribution in [2.24, 2.45) is 5.92 Å². The maximum Gasteiger partial charge on any atom is 0.280 e. The molecule has 0 unspecified atom stereocenters. The van der Waals surface area contributed by atoms with Gasteiger partial charge in [-0.15, -0.1) is 0 Å². The fourth-order valence-electron chi connectivity index (χ4n) is 4.21. The molecule has 0 aliphatic carbocycles. The Balaban J connectivity index is 1.55. The zero-order chi connectivity index (χ0) is 26.1. The average Bonchev–Trinajstić information content (AvgIpc) is 3.44. The highest BCUT2D eigenvalue weighted by atomic mass is 16.5. The van der Waals surface area contributed by atoms with Crippen LogP contribution in [0.3, 0.4) is 0 Å². The second-order valence-corrected chi connectivity index (χ2v) is 9.22. The molecule has 11 heteroatoms. The van der Waals surface area contributed by atoms with E-state index in [1.165, 1.54) is 0 Å². The number of hydrogen-bond acceptors (Lipinski definition) is 8. The number of nitrogens with zero attached hydrogens (tertiary/aromatic N) is 3. The molecule has 192 valence electrons. The monoisotopic (exact) mass is 504 g/mol. The summed E-state index contributed by atoms with van der Waals surface area (Å²) in [6.45, 7) is 3.09. The van der Waals surface area contributed by atoms with Crippen molar-refractivity contribution in [1.82, 2.24) is 19.5 Å². The van der Waals surface area contributed by atoms with E-state index in [-0.39, 0.29) is 47.9 Å². The molecule has 0 bridgehead atoms. The molecular formula is C26H28N6O5. The third kappa shape index (κ3) is 4.96. The number of rotatable bonds is 7. The van der Waals surface area contributed by atoms with Gasteiger partial charge in [-0.25, -0.2) is 4.98 Å². The topological polar surface area (TPSA) is 154 Å². The predicted octanol–water partition coefficient (Wildman–Crippen LogP) is 2.77. The molecule has 1 amide bonds. The van der Waals surface area contributed by atoms with Crippen molar-refractivity contribution in [3.8, 4) is 11.1 Å². The number of hydrogen-bond donors (Lipinski definition) is 5. The number of nitrogens with one attached hydrogen (secondary N) is 3. The quantitative estimate of drug-likeness (QED) is 0.257. The number of imidazole rings is 1. The molecule has 0 spiro atoms. The van der Waals surface area contributed by atoms with E-state index in [4.69, 9.17) is 4.74 Å². The lowest BCUT2D eigenvalue weighted by Crippen LogP contribution is -2.24. The highest BCUT2D eigenvalue weighted by molar-refractivity contribution is 5.91. The van der Waals surface area contributed by atoms with Gasteiger partial charge in [-0.2, -0.15) is 4.98 Å². The predicted molar refractivity (Wildman–Crippen MR) is 138 cm³/mol. The summed E-state index contributed by atoms with van der Waals surface area (Å²) in [4.78, 5) is 36.6. The molecule has 11 nitrogen and oxygen atoms in total. The van der Waals surface area contributed by atoms with Crippen molar-refractivity contribution in [3.63, 3.8) is 0 Å². The van der Waals surface area contributed by atoms with Gasteiger partial charge in [0.15, 0.2) is 11.2 Å². The zero-order valence-corrected chi connectivity index (χ0v) is 20.4. The van der Waals surface area contributed by atoms with Gasteiger partial charge in [0.25, 0.3) is 5.56 Å². The molecule has 1 saturated heterocycles. The highest BCUT2D eigenvalue weighted by Gasteiger charge is 2.37. The first-order chi connectivity index (χ1) is 17.8. The molecule has 2 aromatic heterocycles. The molecule has 5 N–H and O–H groups in total. The van der Waals surface area contributed by atoms with Gasteiger partial charge in [0.2, 0.25) is 17.8 Å². The highest BCUT2D eigenvalue weighted by Crippen LogP contribution is 2.34. The lowest BCUT2D eigenvalue weighted by atomic mass is 10.1. The van der Waals surface area contributed by atoms with Gasteiger partial charge in [0, 0.05) is 18.0 Å². The minimum absolute atomic E-state index is 0.0200. The van der Waals surface area contributed by atoms with Crippen molar-refractivity contribution in [2.75, 3.05) is 17.2 Å². The molecule has 0 saturated carbocycles. The van der Waals surface area contributed by atoms with E-state index in [1.54, 1.807) is 18.4 Å². The minimum Gasteiger partial charge on any atom is -0.394 e. The number of aromatic amines is 1. The van der Waals surface area contributed by atoms with E-state index >= 15 is 0 Å². The third-order valence-corrected chi connectivity index (χ3v) is 6.24. The number of benzene rings is 2. The Labute approximate surface area is 212 Å². The van der Waals surface area contributed by atoms with Crippen molar-refractivity contribution in [2.45, 2.75) is 38.7 Å². The van der Waals surface area contributed by atoms with Crippen LogP contribution in [0.15, 0.2) is 59.4 Å². The fourth-order valence-corrected chi connectivity index (χ4v) is 4.21. The van der Waals surface area contributed by atoms with E-state index in [9.17, 15) is 19.8 Å². The van der Waals surface area contributed by atoms with Gasteiger partial charge in [-0.3, -0.25) is 24.5 Å². The van der Waals surface area contributed by atoms with E-state index < -0.39 is 24.0 Å². The summed E-state index contributed by atoms with van der Waals surface area (Å²) < 4.78 is 7.44. The Hall–Kier alpha value is -4.06. The van der Waals surface area contributed by atoms with E-state index in [0.717, 1.165) is 11.1 Å². The average molecular weight is 505 g/mol. The Morgan fingerprint density at radius 1 is 1.14 bits per heavy atom. The first-order valence-corrected chi connectivity index (χ1v) is 12.0. The summed E-state index contributed by atoms with van der Waals surface area (Å²) in [5.41, 5.74) is 2.49. The van der Waals surface area contributed by atoms with Crippen LogP contribution in [0.2, 0.25) is 0 Å². The number of carbonyl (C=O) groups excluding carboxylic acids is 1. The van der Waals surface area contributed by atoms with Crippen molar-refractivity contribution >= 4 is 34.7 Å². The molecule has 1 aliphatic rings. The van der Waals surface area contributed by atoms with Crippen molar-refractivity contribution < 1.29 is 19.7 Å². The SMILES string of the molecule is CC(C)C(=O)Nc1nc2c(nc(Nc3ccc(-c4ccccc4)cc3)n2[C@H]2C[C@H](O)[C@@H](CO)O2)c(=O)[nH]1. The Kier molecular flexibility index (Phi) is 6.74. The van der Waals surface area contributed by atoms with Gasteiger partial charge in [-0.05, 0) is 23.3 Å². The van der Waals surface area contributed by atoms with Crippen LogP contribution in [-0.2, 0) is 9.53 Å². The largest absolute Gasteiger partial charge is 0.394 e. The van der Waals surface area contributed by atoms with Gasteiger partial charge in [-0.1, -0.05) is 56.3 Å². The van der Waals surface area contributed by atoms with E-state index in [0.29, 0.717) is 5.69 Å². The number of H-pyrrole nitrogens is 1. The van der Waals surface area contributed by atoms with Crippen LogP contribution in [0.5, 0.6) is 0 Å². The number of anilines is 3. The summed E-state index contributed by atoms with van der Waals surface area (Å²) in [5, 5.41) is 25.8. The number of amides is 1. The molecule has 4 aromatic rings. The molecule has 0 radical (unpaired) electrons. The molecule has 5 rings (SSSR count). The van der Waals surface area contributed by atoms with Gasteiger partial charge in [0.1, 0.15) is 12.3 Å². The summed E-state index contributed by atoms with van der Waals surface area (Å²) >= 11 is 0. The van der Waals surface area contributed by atoms with Crippen LogP contribution in [-0.4, -0.2) is 54.5 Å². The Morgan fingerprint density at radius 3 is 2.49 bits per heavy atom. The first-order valence-electron chi connectivity index (χ1n) is 12.0. The van der Waals surface area contributed by atoms with E-state index in [1.807, 2.05) is 54.6 Å². The number of ether oxygens (including phenoxy) is 1. The van der Waals surface area contributed by atoms with Gasteiger partial charge >= 0.3 is 0 Å². The minimum atomic E-state index is -0.910. The lowest BCUT2D eigenvalue weighted by Gasteiger charge is -2.17. The van der Waals surface area contributed by atoms with Crippen LogP contribution in [0.4, 0.5) is 17.6 Å². The number of aliphatic hydroxyl groups excluding tert-OH is 2.